The summed E-state index contributed by atoms with van der Waals surface area (Å²) in [7, 11) is 0.0975. The van der Waals surface area contributed by atoms with Crippen LogP contribution in [0.5, 0.6) is 0 Å². The average Bonchev–Trinajstić information content (AvgIpc) is 3.04. The molecule has 112 valence electrons. The summed E-state index contributed by atoms with van der Waals surface area (Å²) < 4.78 is 21.3. The molecule has 1 aromatic carbocycles. The Bertz CT molecular complexity index is 769. The van der Waals surface area contributed by atoms with Gasteiger partial charge in [0.25, 0.3) is 0 Å². The predicted molar refractivity (Wildman–Crippen MR) is 86.3 cm³/mol. The van der Waals surface area contributed by atoms with Crippen LogP contribution in [0.1, 0.15) is 24.0 Å². The number of likely N-dealkylation sites (N-methyl/N-ethyl adjacent to an activating group) is 1. The van der Waals surface area contributed by atoms with Gasteiger partial charge in [-0.1, -0.05) is 6.07 Å². The van der Waals surface area contributed by atoms with Crippen molar-refractivity contribution in [3.05, 3.63) is 35.5 Å². The number of H-pyrrole nitrogens is 1. The molecule has 1 aliphatic heterocycles. The van der Waals surface area contributed by atoms with Gasteiger partial charge >= 0.3 is 0 Å². The number of likely N-dealkylation sites (tertiary alicyclic amines) is 1. The van der Waals surface area contributed by atoms with Gasteiger partial charge in [0.15, 0.2) is 0 Å². The highest BCUT2D eigenvalue weighted by Crippen LogP contribution is 2.25. The zero-order valence-electron chi connectivity index (χ0n) is 12.2. The van der Waals surface area contributed by atoms with E-state index >= 15 is 0 Å². The maximum atomic E-state index is 10.7. The summed E-state index contributed by atoms with van der Waals surface area (Å²) in [5.74, 6) is 0. The number of hydrogen-bond donors (Lipinski definition) is 1. The first kappa shape index (κ1) is 14.4. The molecule has 4 nitrogen and oxygen atoms in total. The third-order valence-electron chi connectivity index (χ3n) is 4.41. The maximum Gasteiger partial charge on any atom is 0.210 e. The van der Waals surface area contributed by atoms with E-state index in [-0.39, 0.29) is 0 Å². The van der Waals surface area contributed by atoms with Crippen molar-refractivity contribution in [2.75, 3.05) is 13.6 Å². The fourth-order valence-corrected chi connectivity index (χ4v) is 3.51. The van der Waals surface area contributed by atoms with Crippen LogP contribution >= 0.6 is 0 Å². The summed E-state index contributed by atoms with van der Waals surface area (Å²) in [5.41, 5.74) is 3.49. The van der Waals surface area contributed by atoms with Crippen LogP contribution in [-0.2, 0) is 23.1 Å². The van der Waals surface area contributed by atoms with E-state index in [9.17, 15) is 8.42 Å². The number of aromatic nitrogens is 1. The molecule has 5 heteroatoms. The van der Waals surface area contributed by atoms with Crippen LogP contribution in [0.4, 0.5) is 0 Å². The van der Waals surface area contributed by atoms with Crippen LogP contribution in [0.3, 0.4) is 0 Å². The number of benzene rings is 1. The highest BCUT2D eigenvalue weighted by atomic mass is 32.2. The molecule has 1 fully saturated rings. The molecular weight excluding hydrogens is 284 g/mol. The number of aromatic amines is 1. The zero-order chi connectivity index (χ0) is 14.8. The molecule has 0 amide bonds. The van der Waals surface area contributed by atoms with Gasteiger partial charge in [-0.2, -0.15) is 8.42 Å². The first-order valence-electron chi connectivity index (χ1n) is 7.34. The standard InChI is InChI=1S/C16H20N2O2S/c1-18-7-2-3-14(18)10-13-11-17-16-5-4-12(9-15(13)16)6-8-21(19)20/h4-5,8-9,11,14,17H,2-3,6-7,10H2,1H3. The van der Waals surface area contributed by atoms with E-state index in [1.165, 1.54) is 35.7 Å². The van der Waals surface area contributed by atoms with Crippen LogP contribution in [-0.4, -0.2) is 43.3 Å². The summed E-state index contributed by atoms with van der Waals surface area (Å²) >= 11 is 0. The number of hydrogen-bond acceptors (Lipinski definition) is 3. The highest BCUT2D eigenvalue weighted by molar-refractivity contribution is 7.71. The smallest absolute Gasteiger partial charge is 0.210 e. The van der Waals surface area contributed by atoms with Crippen LogP contribution < -0.4 is 0 Å². The SMILES string of the molecule is CN1CCCC1Cc1c[nH]c2ccc(CC=S(=O)=O)cc12. The van der Waals surface area contributed by atoms with Gasteiger partial charge in [-0.15, -0.1) is 0 Å². The molecule has 1 saturated heterocycles. The second-order valence-electron chi connectivity index (χ2n) is 5.81. The number of nitrogens with zero attached hydrogens (tertiary/aromatic N) is 1. The summed E-state index contributed by atoms with van der Waals surface area (Å²) in [4.78, 5) is 5.75. The van der Waals surface area contributed by atoms with Gasteiger partial charge in [-0.05, 0) is 56.1 Å². The summed E-state index contributed by atoms with van der Waals surface area (Å²) in [6, 6.07) is 6.75. The molecule has 0 saturated carbocycles. The minimum Gasteiger partial charge on any atom is -0.361 e. The molecule has 0 bridgehead atoms. The molecule has 0 radical (unpaired) electrons. The van der Waals surface area contributed by atoms with Crippen LogP contribution in [0.15, 0.2) is 24.4 Å². The normalized spacial score (nSPS) is 19.2. The molecule has 0 spiro atoms. The largest absolute Gasteiger partial charge is 0.361 e. The second-order valence-corrected chi connectivity index (χ2v) is 6.66. The minimum atomic E-state index is -2.09. The Morgan fingerprint density at radius 2 is 2.29 bits per heavy atom. The minimum absolute atomic E-state index is 0.458. The van der Waals surface area contributed by atoms with Crippen molar-refractivity contribution in [3.8, 4) is 0 Å². The Morgan fingerprint density at radius 1 is 1.43 bits per heavy atom. The highest BCUT2D eigenvalue weighted by Gasteiger charge is 2.22. The van der Waals surface area contributed by atoms with E-state index in [4.69, 9.17) is 0 Å². The molecule has 2 heterocycles. The van der Waals surface area contributed by atoms with E-state index in [0.29, 0.717) is 12.5 Å². The van der Waals surface area contributed by atoms with Gasteiger partial charge in [0, 0.05) is 34.9 Å². The monoisotopic (exact) mass is 304 g/mol. The summed E-state index contributed by atoms with van der Waals surface area (Å²) in [6.07, 6.45) is 6.14. The molecule has 2 aromatic rings. The van der Waals surface area contributed by atoms with Gasteiger partial charge in [0.05, 0.1) is 0 Å². The van der Waals surface area contributed by atoms with Crippen molar-refractivity contribution in [2.24, 2.45) is 0 Å². The van der Waals surface area contributed by atoms with Crippen LogP contribution in [0.25, 0.3) is 10.9 Å². The molecule has 21 heavy (non-hydrogen) atoms. The third-order valence-corrected chi connectivity index (χ3v) is 4.85. The van der Waals surface area contributed by atoms with Crippen molar-refractivity contribution in [3.63, 3.8) is 0 Å². The maximum absolute atomic E-state index is 10.7. The van der Waals surface area contributed by atoms with Gasteiger partial charge < -0.3 is 9.88 Å². The molecule has 1 N–H and O–H groups in total. The average molecular weight is 304 g/mol. The molecule has 1 aliphatic rings. The molecule has 1 aromatic heterocycles. The lowest BCUT2D eigenvalue weighted by molar-refractivity contribution is 0.310. The quantitative estimate of drug-likeness (QED) is 0.879. The second kappa shape index (κ2) is 6.03. The van der Waals surface area contributed by atoms with Crippen molar-refractivity contribution < 1.29 is 8.42 Å². The van der Waals surface area contributed by atoms with E-state index < -0.39 is 10.3 Å². The van der Waals surface area contributed by atoms with Crippen LogP contribution in [0.2, 0.25) is 0 Å². The Balaban J connectivity index is 1.88. The van der Waals surface area contributed by atoms with E-state index in [1.54, 1.807) is 0 Å². The van der Waals surface area contributed by atoms with Gasteiger partial charge in [-0.25, -0.2) is 0 Å². The molecule has 1 atom stereocenters. The lowest BCUT2D eigenvalue weighted by Gasteiger charge is -2.18. The predicted octanol–water partition coefficient (Wildman–Crippen LogP) is 2.03. The lowest BCUT2D eigenvalue weighted by Crippen LogP contribution is -2.26. The molecule has 3 rings (SSSR count). The number of fused-ring (bicyclic) bond motifs is 1. The van der Waals surface area contributed by atoms with Crippen molar-refractivity contribution >= 4 is 26.6 Å². The Morgan fingerprint density at radius 3 is 3.00 bits per heavy atom. The number of rotatable bonds is 4. The molecule has 1 unspecified atom stereocenters. The number of nitrogens with one attached hydrogen (secondary N) is 1. The Kier molecular flexibility index (Phi) is 4.12. The summed E-state index contributed by atoms with van der Waals surface area (Å²) in [5, 5.41) is 2.52. The fraction of sp³-hybridized carbons (Fsp3) is 0.438. The first-order valence-corrected chi connectivity index (χ1v) is 8.48. The van der Waals surface area contributed by atoms with E-state index in [0.717, 1.165) is 17.5 Å². The Hall–Kier alpha value is -1.59. The topological polar surface area (TPSA) is 53.2 Å². The van der Waals surface area contributed by atoms with Gasteiger partial charge in [0.2, 0.25) is 10.3 Å². The fourth-order valence-electron chi connectivity index (χ4n) is 3.18. The third kappa shape index (κ3) is 3.19. The summed E-state index contributed by atoms with van der Waals surface area (Å²) in [6.45, 7) is 1.18. The van der Waals surface area contributed by atoms with E-state index in [2.05, 4.69) is 29.2 Å². The van der Waals surface area contributed by atoms with Gasteiger partial charge in [-0.3, -0.25) is 0 Å². The molecule has 0 aliphatic carbocycles. The first-order chi connectivity index (χ1) is 10.1. The van der Waals surface area contributed by atoms with Crippen molar-refractivity contribution in [1.29, 1.82) is 0 Å². The van der Waals surface area contributed by atoms with Crippen LogP contribution in [0, 0.1) is 0 Å². The zero-order valence-corrected chi connectivity index (χ0v) is 13.0. The lowest BCUT2D eigenvalue weighted by atomic mass is 10.0. The van der Waals surface area contributed by atoms with Crippen molar-refractivity contribution in [2.45, 2.75) is 31.7 Å². The van der Waals surface area contributed by atoms with Gasteiger partial charge in [0.1, 0.15) is 0 Å². The Labute approximate surface area is 126 Å². The van der Waals surface area contributed by atoms with Crippen molar-refractivity contribution in [1.82, 2.24) is 9.88 Å². The van der Waals surface area contributed by atoms with E-state index in [1.807, 2.05) is 12.1 Å². The molecular formula is C16H20N2O2S.